The molecule has 0 spiro atoms. The largest absolute Gasteiger partial charge is 0.469 e. The lowest BCUT2D eigenvalue weighted by molar-refractivity contribution is -0.126. The highest BCUT2D eigenvalue weighted by Gasteiger charge is 2.21. The summed E-state index contributed by atoms with van der Waals surface area (Å²) in [5, 5.41) is 2.97. The summed E-state index contributed by atoms with van der Waals surface area (Å²) >= 11 is 0. The fraction of sp³-hybridized carbons (Fsp3) is 0.615. The van der Waals surface area contributed by atoms with Gasteiger partial charge in [-0.05, 0) is 25.0 Å². The molecule has 0 aliphatic carbocycles. The number of nitrogens with one attached hydrogen (secondary N) is 1. The SMILES string of the molecule is CC(Cc1ccco1)NC(=O)C(CN)C(C)C. The molecule has 1 aromatic rings. The summed E-state index contributed by atoms with van der Waals surface area (Å²) in [5.41, 5.74) is 5.61. The van der Waals surface area contributed by atoms with Crippen LogP contribution >= 0.6 is 0 Å². The van der Waals surface area contributed by atoms with Crippen molar-refractivity contribution < 1.29 is 9.21 Å². The monoisotopic (exact) mass is 238 g/mol. The first-order valence-corrected chi connectivity index (χ1v) is 6.07. The van der Waals surface area contributed by atoms with Gasteiger partial charge in [0.15, 0.2) is 0 Å². The highest BCUT2D eigenvalue weighted by Crippen LogP contribution is 2.10. The van der Waals surface area contributed by atoms with E-state index in [-0.39, 0.29) is 23.8 Å². The van der Waals surface area contributed by atoms with E-state index in [2.05, 4.69) is 5.32 Å². The zero-order valence-corrected chi connectivity index (χ0v) is 10.8. The van der Waals surface area contributed by atoms with Crippen LogP contribution in [-0.4, -0.2) is 18.5 Å². The second kappa shape index (κ2) is 6.45. The van der Waals surface area contributed by atoms with E-state index in [1.165, 1.54) is 0 Å². The number of hydrogen-bond donors (Lipinski definition) is 2. The summed E-state index contributed by atoms with van der Waals surface area (Å²) in [7, 11) is 0. The molecule has 17 heavy (non-hydrogen) atoms. The fourth-order valence-corrected chi connectivity index (χ4v) is 1.81. The van der Waals surface area contributed by atoms with Crippen LogP contribution in [0.4, 0.5) is 0 Å². The van der Waals surface area contributed by atoms with E-state index in [1.807, 2.05) is 32.9 Å². The van der Waals surface area contributed by atoms with E-state index in [1.54, 1.807) is 6.26 Å². The summed E-state index contributed by atoms with van der Waals surface area (Å²) in [6, 6.07) is 3.81. The molecule has 0 saturated carbocycles. The van der Waals surface area contributed by atoms with Crippen LogP contribution in [0.15, 0.2) is 22.8 Å². The minimum atomic E-state index is -0.117. The van der Waals surface area contributed by atoms with Crippen LogP contribution < -0.4 is 11.1 Å². The summed E-state index contributed by atoms with van der Waals surface area (Å²) < 4.78 is 5.24. The standard InChI is InChI=1S/C13H22N2O2/c1-9(2)12(8-14)13(16)15-10(3)7-11-5-4-6-17-11/h4-6,9-10,12H,7-8,14H2,1-3H3,(H,15,16). The summed E-state index contributed by atoms with van der Waals surface area (Å²) in [4.78, 5) is 11.9. The van der Waals surface area contributed by atoms with E-state index in [4.69, 9.17) is 10.2 Å². The Kier molecular flexibility index (Phi) is 5.22. The van der Waals surface area contributed by atoms with Crippen molar-refractivity contribution in [2.45, 2.75) is 33.2 Å². The molecule has 1 aromatic heterocycles. The van der Waals surface area contributed by atoms with Gasteiger partial charge in [-0.1, -0.05) is 13.8 Å². The van der Waals surface area contributed by atoms with Crippen molar-refractivity contribution >= 4 is 5.91 Å². The topological polar surface area (TPSA) is 68.3 Å². The first-order chi connectivity index (χ1) is 8.04. The Bertz CT molecular complexity index is 333. The first kappa shape index (κ1) is 13.8. The van der Waals surface area contributed by atoms with Crippen molar-refractivity contribution in [1.29, 1.82) is 0 Å². The zero-order chi connectivity index (χ0) is 12.8. The van der Waals surface area contributed by atoms with Gasteiger partial charge in [0.2, 0.25) is 5.91 Å². The lowest BCUT2D eigenvalue weighted by atomic mass is 9.95. The van der Waals surface area contributed by atoms with Gasteiger partial charge >= 0.3 is 0 Å². The molecule has 1 heterocycles. The number of amides is 1. The molecule has 0 aliphatic heterocycles. The third-order valence-corrected chi connectivity index (χ3v) is 2.87. The van der Waals surface area contributed by atoms with Crippen molar-refractivity contribution in [2.24, 2.45) is 17.6 Å². The first-order valence-electron chi connectivity index (χ1n) is 6.07. The molecule has 0 aliphatic rings. The Balaban J connectivity index is 2.45. The van der Waals surface area contributed by atoms with Gasteiger partial charge in [-0.25, -0.2) is 0 Å². The Labute approximate surface area is 103 Å². The highest BCUT2D eigenvalue weighted by molar-refractivity contribution is 5.79. The lowest BCUT2D eigenvalue weighted by Gasteiger charge is -2.21. The smallest absolute Gasteiger partial charge is 0.224 e. The van der Waals surface area contributed by atoms with Crippen LogP contribution in [0.5, 0.6) is 0 Å². The second-order valence-electron chi connectivity index (χ2n) is 4.78. The number of nitrogens with two attached hydrogens (primary N) is 1. The predicted molar refractivity (Wildman–Crippen MR) is 67.4 cm³/mol. The lowest BCUT2D eigenvalue weighted by Crippen LogP contribution is -2.42. The maximum Gasteiger partial charge on any atom is 0.224 e. The molecule has 0 fully saturated rings. The molecule has 4 heteroatoms. The minimum Gasteiger partial charge on any atom is -0.469 e. The molecule has 2 atom stereocenters. The zero-order valence-electron chi connectivity index (χ0n) is 10.8. The van der Waals surface area contributed by atoms with Crippen molar-refractivity contribution in [2.75, 3.05) is 6.54 Å². The predicted octanol–water partition coefficient (Wildman–Crippen LogP) is 1.56. The average Bonchev–Trinajstić information content (AvgIpc) is 2.70. The van der Waals surface area contributed by atoms with Crippen LogP contribution in [0, 0.1) is 11.8 Å². The third-order valence-electron chi connectivity index (χ3n) is 2.87. The molecular weight excluding hydrogens is 216 g/mol. The molecule has 96 valence electrons. The van der Waals surface area contributed by atoms with Crippen LogP contribution in [0.3, 0.4) is 0 Å². The number of rotatable bonds is 6. The summed E-state index contributed by atoms with van der Waals surface area (Å²) in [5.74, 6) is 1.05. The van der Waals surface area contributed by atoms with Gasteiger partial charge in [0.05, 0.1) is 12.2 Å². The van der Waals surface area contributed by atoms with Gasteiger partial charge in [-0.2, -0.15) is 0 Å². The van der Waals surface area contributed by atoms with Crippen molar-refractivity contribution in [3.05, 3.63) is 24.2 Å². The molecule has 0 aromatic carbocycles. The molecule has 1 amide bonds. The second-order valence-corrected chi connectivity index (χ2v) is 4.78. The molecule has 0 saturated heterocycles. The Morgan fingerprint density at radius 1 is 1.47 bits per heavy atom. The quantitative estimate of drug-likeness (QED) is 0.790. The van der Waals surface area contributed by atoms with Gasteiger partial charge in [0.1, 0.15) is 5.76 Å². The van der Waals surface area contributed by atoms with Crippen LogP contribution in [-0.2, 0) is 11.2 Å². The molecule has 0 radical (unpaired) electrons. The molecule has 0 bridgehead atoms. The average molecular weight is 238 g/mol. The van der Waals surface area contributed by atoms with Crippen molar-refractivity contribution in [3.63, 3.8) is 0 Å². The number of carbonyl (C=O) groups is 1. The Morgan fingerprint density at radius 2 is 2.18 bits per heavy atom. The van der Waals surface area contributed by atoms with Crippen molar-refractivity contribution in [3.8, 4) is 0 Å². The van der Waals surface area contributed by atoms with Crippen LogP contribution in [0.25, 0.3) is 0 Å². The van der Waals surface area contributed by atoms with Gasteiger partial charge in [0.25, 0.3) is 0 Å². The Hall–Kier alpha value is -1.29. The summed E-state index contributed by atoms with van der Waals surface area (Å²) in [6.07, 6.45) is 2.34. The molecule has 3 N–H and O–H groups in total. The summed E-state index contributed by atoms with van der Waals surface area (Å²) in [6.45, 7) is 6.37. The third kappa shape index (κ3) is 4.23. The van der Waals surface area contributed by atoms with E-state index in [0.717, 1.165) is 5.76 Å². The number of hydrogen-bond acceptors (Lipinski definition) is 3. The normalized spacial score (nSPS) is 14.6. The van der Waals surface area contributed by atoms with Gasteiger partial charge < -0.3 is 15.5 Å². The maximum atomic E-state index is 11.9. The maximum absolute atomic E-state index is 11.9. The molecular formula is C13H22N2O2. The van der Waals surface area contributed by atoms with Crippen molar-refractivity contribution in [1.82, 2.24) is 5.32 Å². The van der Waals surface area contributed by atoms with Crippen LogP contribution in [0.1, 0.15) is 26.5 Å². The Morgan fingerprint density at radius 3 is 2.65 bits per heavy atom. The highest BCUT2D eigenvalue weighted by atomic mass is 16.3. The van der Waals surface area contributed by atoms with E-state index < -0.39 is 0 Å². The fourth-order valence-electron chi connectivity index (χ4n) is 1.81. The number of carbonyl (C=O) groups excluding carboxylic acids is 1. The molecule has 1 rings (SSSR count). The van der Waals surface area contributed by atoms with E-state index in [0.29, 0.717) is 13.0 Å². The molecule has 4 nitrogen and oxygen atoms in total. The van der Waals surface area contributed by atoms with E-state index in [9.17, 15) is 4.79 Å². The number of furan rings is 1. The minimum absolute atomic E-state index is 0.0292. The van der Waals surface area contributed by atoms with Crippen LogP contribution in [0.2, 0.25) is 0 Å². The van der Waals surface area contributed by atoms with E-state index >= 15 is 0 Å². The molecule has 2 unspecified atom stereocenters. The van der Waals surface area contributed by atoms with Gasteiger partial charge in [-0.3, -0.25) is 4.79 Å². The van der Waals surface area contributed by atoms with Gasteiger partial charge in [-0.15, -0.1) is 0 Å². The van der Waals surface area contributed by atoms with Gasteiger partial charge in [0, 0.05) is 19.0 Å².